The second kappa shape index (κ2) is 7.71. The van der Waals surface area contributed by atoms with Gasteiger partial charge in [0, 0.05) is 24.2 Å². The number of aromatic nitrogens is 2. The molecule has 1 amide bonds. The van der Waals surface area contributed by atoms with Crippen LogP contribution in [0.1, 0.15) is 35.0 Å². The van der Waals surface area contributed by atoms with Gasteiger partial charge in [-0.3, -0.25) is 4.79 Å². The zero-order valence-electron chi connectivity index (χ0n) is 16.3. The maximum absolute atomic E-state index is 13.2. The van der Waals surface area contributed by atoms with Crippen LogP contribution in [0.3, 0.4) is 0 Å². The number of likely N-dealkylation sites (tertiary alicyclic amines) is 1. The Hall–Kier alpha value is -3.54. The van der Waals surface area contributed by atoms with Crippen LogP contribution in [0.5, 0.6) is 0 Å². The van der Waals surface area contributed by atoms with E-state index in [1.54, 1.807) is 4.90 Å². The molecule has 1 aromatic heterocycles. The molecule has 1 aliphatic rings. The van der Waals surface area contributed by atoms with Crippen LogP contribution in [-0.4, -0.2) is 34.0 Å². The second-order valence-corrected chi connectivity index (χ2v) is 7.62. The lowest BCUT2D eigenvalue weighted by Gasteiger charge is -2.31. The highest BCUT2D eigenvalue weighted by atomic mass is 19.1. The molecule has 1 saturated heterocycles. The summed E-state index contributed by atoms with van der Waals surface area (Å²) in [7, 11) is 0. The molecule has 150 valence electrons. The van der Waals surface area contributed by atoms with Gasteiger partial charge in [-0.1, -0.05) is 41.6 Å². The van der Waals surface area contributed by atoms with Crippen molar-refractivity contribution in [2.24, 2.45) is 0 Å². The number of benzene rings is 3. The van der Waals surface area contributed by atoms with Crippen molar-refractivity contribution in [2.75, 3.05) is 13.1 Å². The van der Waals surface area contributed by atoms with Crippen LogP contribution < -0.4 is 0 Å². The Bertz CT molecular complexity index is 1200. The highest BCUT2D eigenvalue weighted by molar-refractivity contribution is 5.94. The maximum atomic E-state index is 13.2. The molecule has 30 heavy (non-hydrogen) atoms. The van der Waals surface area contributed by atoms with Gasteiger partial charge in [-0.2, -0.15) is 4.98 Å². The second-order valence-electron chi connectivity index (χ2n) is 7.62. The van der Waals surface area contributed by atoms with Crippen molar-refractivity contribution < 1.29 is 13.7 Å². The van der Waals surface area contributed by atoms with Gasteiger partial charge in [0.15, 0.2) is 0 Å². The summed E-state index contributed by atoms with van der Waals surface area (Å²) in [4.78, 5) is 19.2. The van der Waals surface area contributed by atoms with E-state index in [1.165, 1.54) is 24.3 Å². The van der Waals surface area contributed by atoms with Gasteiger partial charge in [0.1, 0.15) is 5.82 Å². The van der Waals surface area contributed by atoms with Crippen molar-refractivity contribution in [1.29, 1.82) is 0 Å². The van der Waals surface area contributed by atoms with Gasteiger partial charge in [0.05, 0.1) is 5.92 Å². The van der Waals surface area contributed by atoms with Crippen molar-refractivity contribution in [2.45, 2.75) is 18.8 Å². The third kappa shape index (κ3) is 3.56. The van der Waals surface area contributed by atoms with Gasteiger partial charge in [0.2, 0.25) is 11.7 Å². The molecule has 5 nitrogen and oxygen atoms in total. The number of carbonyl (C=O) groups is 1. The summed E-state index contributed by atoms with van der Waals surface area (Å²) < 4.78 is 18.7. The highest BCUT2D eigenvalue weighted by Gasteiger charge is 2.29. The molecule has 3 aromatic carbocycles. The predicted molar refractivity (Wildman–Crippen MR) is 112 cm³/mol. The summed E-state index contributed by atoms with van der Waals surface area (Å²) >= 11 is 0. The molecule has 1 atom stereocenters. The van der Waals surface area contributed by atoms with Gasteiger partial charge in [-0.25, -0.2) is 4.39 Å². The SMILES string of the molecule is O=C(c1ccc(F)cc1)N1CCC[C@H](c2nc(-c3ccc4ccccc4c3)no2)C1. The zero-order valence-corrected chi connectivity index (χ0v) is 16.3. The number of hydrogen-bond donors (Lipinski definition) is 0. The molecule has 0 radical (unpaired) electrons. The number of fused-ring (bicyclic) bond motifs is 1. The average molecular weight is 401 g/mol. The van der Waals surface area contributed by atoms with E-state index in [9.17, 15) is 9.18 Å². The van der Waals surface area contributed by atoms with Crippen molar-refractivity contribution >= 4 is 16.7 Å². The lowest BCUT2D eigenvalue weighted by atomic mass is 9.97. The first-order valence-corrected chi connectivity index (χ1v) is 10.0. The Morgan fingerprint density at radius 1 is 1.03 bits per heavy atom. The first-order valence-electron chi connectivity index (χ1n) is 10.0. The fraction of sp³-hybridized carbons (Fsp3) is 0.208. The molecule has 0 saturated carbocycles. The zero-order chi connectivity index (χ0) is 20.5. The molecule has 6 heteroatoms. The lowest BCUT2D eigenvalue weighted by Crippen LogP contribution is -2.39. The van der Waals surface area contributed by atoms with E-state index in [1.807, 2.05) is 24.3 Å². The molecule has 1 aliphatic heterocycles. The van der Waals surface area contributed by atoms with E-state index in [2.05, 4.69) is 28.3 Å². The molecule has 0 aliphatic carbocycles. The first kappa shape index (κ1) is 18.5. The summed E-state index contributed by atoms with van der Waals surface area (Å²) in [5.74, 6) is 0.640. The largest absolute Gasteiger partial charge is 0.339 e. The van der Waals surface area contributed by atoms with Crippen molar-refractivity contribution in [3.63, 3.8) is 0 Å². The topological polar surface area (TPSA) is 59.2 Å². The van der Waals surface area contributed by atoms with Gasteiger partial charge < -0.3 is 9.42 Å². The fourth-order valence-electron chi connectivity index (χ4n) is 3.98. The van der Waals surface area contributed by atoms with E-state index < -0.39 is 0 Å². The van der Waals surface area contributed by atoms with Crippen LogP contribution in [0.4, 0.5) is 4.39 Å². The van der Waals surface area contributed by atoms with Gasteiger partial charge in [-0.15, -0.1) is 0 Å². The van der Waals surface area contributed by atoms with E-state index in [-0.39, 0.29) is 17.6 Å². The van der Waals surface area contributed by atoms with Crippen molar-refractivity contribution in [3.05, 3.63) is 84.0 Å². The minimum Gasteiger partial charge on any atom is -0.339 e. The Morgan fingerprint density at radius 2 is 1.83 bits per heavy atom. The normalized spacial score (nSPS) is 16.7. The number of halogens is 1. The molecule has 0 unspecified atom stereocenters. The molecule has 0 spiro atoms. The molecule has 0 bridgehead atoms. The predicted octanol–water partition coefficient (Wildman–Crippen LogP) is 5.05. The highest BCUT2D eigenvalue weighted by Crippen LogP contribution is 2.29. The van der Waals surface area contributed by atoms with Crippen LogP contribution in [0, 0.1) is 5.82 Å². The smallest absolute Gasteiger partial charge is 0.253 e. The summed E-state index contributed by atoms with van der Waals surface area (Å²) in [6.45, 7) is 1.17. The molecule has 2 heterocycles. The third-order valence-electron chi connectivity index (χ3n) is 5.60. The molecule has 1 fully saturated rings. The van der Waals surface area contributed by atoms with E-state index in [4.69, 9.17) is 4.52 Å². The average Bonchev–Trinajstić information content (AvgIpc) is 3.29. The Labute approximate surface area is 173 Å². The molecular formula is C24H20FN3O2. The monoisotopic (exact) mass is 401 g/mol. The first-order chi connectivity index (χ1) is 14.7. The summed E-state index contributed by atoms with van der Waals surface area (Å²) in [5, 5.41) is 6.45. The maximum Gasteiger partial charge on any atom is 0.253 e. The lowest BCUT2D eigenvalue weighted by molar-refractivity contribution is 0.0695. The molecule has 4 aromatic rings. The van der Waals surface area contributed by atoms with Crippen LogP contribution in [0.25, 0.3) is 22.2 Å². The van der Waals surface area contributed by atoms with Gasteiger partial charge in [0.25, 0.3) is 5.91 Å². The number of rotatable bonds is 3. The van der Waals surface area contributed by atoms with Crippen molar-refractivity contribution in [3.8, 4) is 11.4 Å². The molecule has 5 rings (SSSR count). The molecule has 0 N–H and O–H groups in total. The number of hydrogen-bond acceptors (Lipinski definition) is 4. The number of nitrogens with zero attached hydrogens (tertiary/aromatic N) is 3. The standard InChI is InChI=1S/C24H20FN3O2/c25-21-11-9-17(10-12-21)24(29)28-13-3-6-20(15-28)23-26-22(27-30-23)19-8-7-16-4-1-2-5-18(16)14-19/h1-2,4-5,7-12,14,20H,3,6,13,15H2/t20-/m0/s1. The van der Waals surface area contributed by atoms with Crippen LogP contribution in [0.15, 0.2) is 71.3 Å². The number of carbonyl (C=O) groups excluding carboxylic acids is 1. The minimum absolute atomic E-state index is 0.00939. The fourth-order valence-corrected chi connectivity index (χ4v) is 3.98. The summed E-state index contributed by atoms with van der Waals surface area (Å²) in [6.07, 6.45) is 1.73. The van der Waals surface area contributed by atoms with Crippen LogP contribution in [-0.2, 0) is 0 Å². The quantitative estimate of drug-likeness (QED) is 0.482. The van der Waals surface area contributed by atoms with Crippen LogP contribution >= 0.6 is 0 Å². The minimum atomic E-state index is -0.352. The van der Waals surface area contributed by atoms with E-state index >= 15 is 0 Å². The summed E-state index contributed by atoms with van der Waals surface area (Å²) in [5.41, 5.74) is 1.39. The Balaban J connectivity index is 1.35. The van der Waals surface area contributed by atoms with Gasteiger partial charge >= 0.3 is 0 Å². The number of piperidine rings is 1. The van der Waals surface area contributed by atoms with Crippen molar-refractivity contribution in [1.82, 2.24) is 15.0 Å². The number of amides is 1. The Kier molecular flexibility index (Phi) is 4.75. The van der Waals surface area contributed by atoms with Gasteiger partial charge in [-0.05, 0) is 53.9 Å². The van der Waals surface area contributed by atoms with E-state index in [0.717, 1.165) is 29.2 Å². The van der Waals surface area contributed by atoms with E-state index in [0.29, 0.717) is 30.4 Å². The summed E-state index contributed by atoms with van der Waals surface area (Å²) in [6, 6.07) is 19.9. The third-order valence-corrected chi connectivity index (χ3v) is 5.60. The molecular weight excluding hydrogens is 381 g/mol. The Morgan fingerprint density at radius 3 is 2.67 bits per heavy atom. The van der Waals surface area contributed by atoms with Crippen LogP contribution in [0.2, 0.25) is 0 Å².